The van der Waals surface area contributed by atoms with Gasteiger partial charge in [0.2, 0.25) is 0 Å². The van der Waals surface area contributed by atoms with Crippen molar-refractivity contribution in [3.63, 3.8) is 0 Å². The normalized spacial score (nSPS) is 28.2. The Bertz CT molecular complexity index is 535. The van der Waals surface area contributed by atoms with Crippen LogP contribution in [0.5, 0.6) is 0 Å². The number of nitrogens with zero attached hydrogens (tertiary/aromatic N) is 1. The smallest absolute Gasteiger partial charge is 0.471 e. The largest absolute Gasteiger partial charge is 0.481 e. The first-order chi connectivity index (χ1) is 8.51. The van der Waals surface area contributed by atoms with Gasteiger partial charge in [-0.05, 0) is 6.42 Å². The molecule has 1 spiro atoms. The molecule has 2 heterocycles. The summed E-state index contributed by atoms with van der Waals surface area (Å²) in [6.45, 7) is -1.41. The van der Waals surface area contributed by atoms with E-state index < -0.39 is 51.6 Å². The molecule has 0 aromatic carbocycles. The maximum atomic E-state index is 12.2. The van der Waals surface area contributed by atoms with Crippen molar-refractivity contribution in [2.24, 2.45) is 5.92 Å². The van der Waals surface area contributed by atoms with Gasteiger partial charge in [-0.2, -0.15) is 13.2 Å². The van der Waals surface area contributed by atoms with E-state index in [1.165, 1.54) is 0 Å². The highest BCUT2D eigenvalue weighted by molar-refractivity contribution is 7.93. The number of rotatable bonds is 1. The van der Waals surface area contributed by atoms with Crippen LogP contribution in [0, 0.1) is 5.92 Å². The zero-order chi connectivity index (χ0) is 14.6. The quantitative estimate of drug-likeness (QED) is 0.714. The second-order valence-corrected chi connectivity index (χ2v) is 7.17. The molecule has 0 aromatic rings. The molecular formula is C9H10F3NO5S. The molecule has 1 amide bonds. The van der Waals surface area contributed by atoms with Crippen molar-refractivity contribution in [1.82, 2.24) is 4.90 Å². The highest BCUT2D eigenvalue weighted by Crippen LogP contribution is 2.45. The molecule has 1 unspecified atom stereocenters. The van der Waals surface area contributed by atoms with Crippen LogP contribution in [-0.4, -0.2) is 60.1 Å². The van der Waals surface area contributed by atoms with E-state index in [1.807, 2.05) is 0 Å². The van der Waals surface area contributed by atoms with E-state index in [9.17, 15) is 31.2 Å². The van der Waals surface area contributed by atoms with Crippen LogP contribution in [0.2, 0.25) is 0 Å². The van der Waals surface area contributed by atoms with Gasteiger partial charge in [-0.25, -0.2) is 8.42 Å². The molecule has 6 nitrogen and oxygen atoms in total. The van der Waals surface area contributed by atoms with E-state index in [0.29, 0.717) is 4.90 Å². The van der Waals surface area contributed by atoms with Gasteiger partial charge < -0.3 is 10.0 Å². The highest BCUT2D eigenvalue weighted by Gasteiger charge is 2.66. The van der Waals surface area contributed by atoms with E-state index in [4.69, 9.17) is 5.11 Å². The van der Waals surface area contributed by atoms with Crippen LogP contribution in [0.15, 0.2) is 0 Å². The molecule has 0 radical (unpaired) electrons. The van der Waals surface area contributed by atoms with Crippen LogP contribution < -0.4 is 0 Å². The zero-order valence-electron chi connectivity index (χ0n) is 9.48. The number of carbonyl (C=O) groups is 2. The molecular weight excluding hydrogens is 291 g/mol. The maximum Gasteiger partial charge on any atom is 0.471 e. The number of carboxylic acid groups (broad SMARTS) is 1. The van der Waals surface area contributed by atoms with Gasteiger partial charge in [0.15, 0.2) is 9.84 Å². The number of halogens is 3. The van der Waals surface area contributed by atoms with Crippen LogP contribution in [-0.2, 0) is 19.4 Å². The standard InChI is InChI=1S/C9H10F3NO5S/c10-9(11,12)7(16)13-3-8(4-13)5(6(14)15)1-2-19(8,17)18/h5H,1-4H2,(H,14,15). The van der Waals surface area contributed by atoms with Gasteiger partial charge in [-0.15, -0.1) is 0 Å². The molecule has 2 aliphatic rings. The molecule has 2 rings (SSSR count). The van der Waals surface area contributed by atoms with E-state index in [0.717, 1.165) is 0 Å². The topological polar surface area (TPSA) is 91.8 Å². The summed E-state index contributed by atoms with van der Waals surface area (Å²) in [4.78, 5) is 22.2. The van der Waals surface area contributed by atoms with Gasteiger partial charge in [-0.3, -0.25) is 9.59 Å². The Balaban J connectivity index is 2.23. The van der Waals surface area contributed by atoms with E-state index >= 15 is 0 Å². The Morgan fingerprint density at radius 1 is 1.26 bits per heavy atom. The first-order valence-corrected chi connectivity index (χ1v) is 6.98. The minimum atomic E-state index is -5.08. The summed E-state index contributed by atoms with van der Waals surface area (Å²) >= 11 is 0. The fourth-order valence-corrected chi connectivity index (χ4v) is 4.95. The Labute approximate surface area is 106 Å². The number of carbonyl (C=O) groups excluding carboxylic acids is 1. The van der Waals surface area contributed by atoms with Crippen molar-refractivity contribution in [2.45, 2.75) is 17.3 Å². The second kappa shape index (κ2) is 3.84. The molecule has 10 heteroatoms. The second-order valence-electron chi connectivity index (χ2n) is 4.72. The molecule has 0 saturated carbocycles. The van der Waals surface area contributed by atoms with Gasteiger partial charge in [0.1, 0.15) is 4.75 Å². The third-order valence-corrected chi connectivity index (χ3v) is 6.23. The van der Waals surface area contributed by atoms with Gasteiger partial charge in [0, 0.05) is 13.1 Å². The fourth-order valence-electron chi connectivity index (χ4n) is 2.64. The molecule has 1 N–H and O–H groups in total. The van der Waals surface area contributed by atoms with E-state index in [1.54, 1.807) is 0 Å². The molecule has 2 saturated heterocycles. The first-order valence-electron chi connectivity index (χ1n) is 5.32. The molecule has 19 heavy (non-hydrogen) atoms. The predicted octanol–water partition coefficient (Wildman–Crippen LogP) is -0.351. The van der Waals surface area contributed by atoms with Crippen molar-refractivity contribution in [3.8, 4) is 0 Å². The third kappa shape index (κ3) is 1.88. The van der Waals surface area contributed by atoms with Crippen molar-refractivity contribution >= 4 is 21.7 Å². The van der Waals surface area contributed by atoms with Gasteiger partial charge in [0.25, 0.3) is 0 Å². The Hall–Kier alpha value is -1.32. The number of hydrogen-bond donors (Lipinski definition) is 1. The van der Waals surface area contributed by atoms with Crippen molar-refractivity contribution < 1.29 is 36.3 Å². The molecule has 2 fully saturated rings. The first kappa shape index (κ1) is 14.1. The predicted molar refractivity (Wildman–Crippen MR) is 54.9 cm³/mol. The molecule has 108 valence electrons. The maximum absolute atomic E-state index is 12.2. The number of alkyl halides is 3. The summed E-state index contributed by atoms with van der Waals surface area (Å²) in [7, 11) is -3.80. The summed E-state index contributed by atoms with van der Waals surface area (Å²) in [5.74, 6) is -5.13. The van der Waals surface area contributed by atoms with Crippen molar-refractivity contribution in [1.29, 1.82) is 0 Å². The Kier molecular flexibility index (Phi) is 2.85. The third-order valence-electron chi connectivity index (χ3n) is 3.67. The average molecular weight is 301 g/mol. The lowest BCUT2D eigenvalue weighted by molar-refractivity contribution is -0.192. The molecule has 2 aliphatic heterocycles. The van der Waals surface area contributed by atoms with Crippen molar-refractivity contribution in [2.75, 3.05) is 18.8 Å². The number of hydrogen-bond acceptors (Lipinski definition) is 4. The molecule has 0 aliphatic carbocycles. The van der Waals surface area contributed by atoms with Gasteiger partial charge in [0.05, 0.1) is 11.7 Å². The van der Waals surface area contributed by atoms with E-state index in [2.05, 4.69) is 0 Å². The lowest BCUT2D eigenvalue weighted by Crippen LogP contribution is -2.70. The fraction of sp³-hybridized carbons (Fsp3) is 0.778. The summed E-state index contributed by atoms with van der Waals surface area (Å²) in [6.07, 6.45) is -5.21. The Morgan fingerprint density at radius 2 is 1.79 bits per heavy atom. The summed E-state index contributed by atoms with van der Waals surface area (Å²) < 4.78 is 58.4. The van der Waals surface area contributed by atoms with Gasteiger partial charge >= 0.3 is 18.1 Å². The molecule has 0 bridgehead atoms. The highest BCUT2D eigenvalue weighted by atomic mass is 32.2. The SMILES string of the molecule is O=C(O)C1CCS(=O)(=O)C12CN(C(=O)C(F)(F)F)C2. The van der Waals surface area contributed by atoms with Crippen LogP contribution in [0.4, 0.5) is 13.2 Å². The summed E-state index contributed by atoms with van der Waals surface area (Å²) in [6, 6.07) is 0. The van der Waals surface area contributed by atoms with Crippen molar-refractivity contribution in [3.05, 3.63) is 0 Å². The minimum Gasteiger partial charge on any atom is -0.481 e. The number of amides is 1. The van der Waals surface area contributed by atoms with Crippen LogP contribution in [0.25, 0.3) is 0 Å². The number of sulfone groups is 1. The number of likely N-dealkylation sites (tertiary alicyclic amines) is 1. The Morgan fingerprint density at radius 3 is 2.21 bits per heavy atom. The lowest BCUT2D eigenvalue weighted by atomic mass is 9.83. The summed E-state index contributed by atoms with van der Waals surface area (Å²) in [5.41, 5.74) is 0. The zero-order valence-corrected chi connectivity index (χ0v) is 10.3. The summed E-state index contributed by atoms with van der Waals surface area (Å²) in [5, 5.41) is 8.94. The van der Waals surface area contributed by atoms with Crippen LogP contribution in [0.3, 0.4) is 0 Å². The van der Waals surface area contributed by atoms with Crippen LogP contribution in [0.1, 0.15) is 6.42 Å². The number of carboxylic acids is 1. The average Bonchev–Trinajstić information content (AvgIpc) is 2.44. The van der Waals surface area contributed by atoms with E-state index in [-0.39, 0.29) is 12.2 Å². The number of aliphatic carboxylic acids is 1. The minimum absolute atomic E-state index is 0.133. The van der Waals surface area contributed by atoms with Crippen LogP contribution >= 0.6 is 0 Å². The molecule has 1 atom stereocenters. The molecule has 0 aromatic heterocycles. The van der Waals surface area contributed by atoms with Gasteiger partial charge in [-0.1, -0.05) is 0 Å². The lowest BCUT2D eigenvalue weighted by Gasteiger charge is -2.48. The monoisotopic (exact) mass is 301 g/mol.